The highest BCUT2D eigenvalue weighted by Gasteiger charge is 2.18. The standard InChI is InChI=1S/C49H38N2S.C4H6.C3H8.C2H6/c1-3-14-43(49-34(2)42-19-11-13-22-48(42)52-49)37-25-23-35(24-26-37)36-27-29-40(30-28-36)50(38-15-6-4-7-16-38)41-31-32-47-45(33-41)44-20-10-12-21-46(44)51(47)39-17-8-5-9-18-39;1-3-4-2;1-3-2;1-2/h4-33H,3H2,1-2H3;3-4H,1-2H2;3H2,1-2H3;1-2H3/b43-14-;;;. The van der Waals surface area contributed by atoms with Gasteiger partial charge in [-0.25, -0.2) is 0 Å². The number of hydrogen-bond donors (Lipinski definition) is 0. The molecule has 0 amide bonds. The molecule has 0 aliphatic rings. The van der Waals surface area contributed by atoms with E-state index in [1.54, 1.807) is 12.2 Å². The summed E-state index contributed by atoms with van der Waals surface area (Å²) < 4.78 is 3.71. The highest BCUT2D eigenvalue weighted by molar-refractivity contribution is 7.20. The van der Waals surface area contributed by atoms with Crippen molar-refractivity contribution in [2.45, 2.75) is 54.4 Å². The summed E-state index contributed by atoms with van der Waals surface area (Å²) in [7, 11) is 0. The van der Waals surface area contributed by atoms with Gasteiger partial charge in [0, 0.05) is 43.1 Å². The van der Waals surface area contributed by atoms with Crippen LogP contribution < -0.4 is 4.90 Å². The van der Waals surface area contributed by atoms with Crippen LogP contribution in [0.15, 0.2) is 207 Å². The van der Waals surface area contributed by atoms with Crippen molar-refractivity contribution in [2.24, 2.45) is 0 Å². The number of fused-ring (bicyclic) bond motifs is 4. The number of thiophene rings is 1. The zero-order valence-electron chi connectivity index (χ0n) is 36.6. The van der Waals surface area contributed by atoms with Crippen LogP contribution in [0.2, 0.25) is 0 Å². The molecule has 0 unspecified atom stereocenters. The molecule has 0 saturated heterocycles. The van der Waals surface area contributed by atoms with Crippen LogP contribution in [0.3, 0.4) is 0 Å². The number of nitrogens with zero attached hydrogens (tertiary/aromatic N) is 2. The zero-order chi connectivity index (χ0) is 43.1. The molecular formula is C58H58N2S. The van der Waals surface area contributed by atoms with E-state index in [0.29, 0.717) is 0 Å². The van der Waals surface area contributed by atoms with Gasteiger partial charge in [-0.15, -0.1) is 11.3 Å². The van der Waals surface area contributed by atoms with Crippen LogP contribution in [0.4, 0.5) is 17.1 Å². The molecule has 0 fully saturated rings. The third-order valence-corrected chi connectivity index (χ3v) is 11.6. The molecule has 2 heterocycles. The molecule has 306 valence electrons. The van der Waals surface area contributed by atoms with Crippen molar-refractivity contribution < 1.29 is 0 Å². The van der Waals surface area contributed by atoms with E-state index < -0.39 is 0 Å². The summed E-state index contributed by atoms with van der Waals surface area (Å²) in [6.45, 7) is 19.5. The van der Waals surface area contributed by atoms with Gasteiger partial charge >= 0.3 is 0 Å². The summed E-state index contributed by atoms with van der Waals surface area (Å²) in [6.07, 6.45) is 7.89. The van der Waals surface area contributed by atoms with Gasteiger partial charge in [-0.2, -0.15) is 0 Å². The van der Waals surface area contributed by atoms with Gasteiger partial charge in [0.05, 0.1) is 11.0 Å². The molecule has 0 bridgehead atoms. The van der Waals surface area contributed by atoms with Crippen molar-refractivity contribution in [1.82, 2.24) is 4.57 Å². The molecule has 7 aromatic carbocycles. The first-order valence-electron chi connectivity index (χ1n) is 21.6. The average Bonchev–Trinajstić information content (AvgIpc) is 3.84. The van der Waals surface area contributed by atoms with Crippen LogP contribution >= 0.6 is 11.3 Å². The van der Waals surface area contributed by atoms with E-state index in [0.717, 1.165) is 29.2 Å². The number of aryl methyl sites for hydroxylation is 1. The van der Waals surface area contributed by atoms with Gasteiger partial charge in [-0.05, 0) is 113 Å². The fourth-order valence-corrected chi connectivity index (χ4v) is 8.87. The number of hydrogen-bond acceptors (Lipinski definition) is 2. The van der Waals surface area contributed by atoms with E-state index >= 15 is 0 Å². The van der Waals surface area contributed by atoms with Crippen molar-refractivity contribution in [2.75, 3.05) is 4.90 Å². The van der Waals surface area contributed by atoms with Crippen LogP contribution in [0.25, 0.3) is 54.3 Å². The number of benzene rings is 7. The average molecular weight is 815 g/mol. The van der Waals surface area contributed by atoms with Gasteiger partial charge in [0.2, 0.25) is 0 Å². The molecule has 0 atom stereocenters. The third kappa shape index (κ3) is 9.70. The summed E-state index contributed by atoms with van der Waals surface area (Å²) in [4.78, 5) is 3.72. The lowest BCUT2D eigenvalue weighted by molar-refractivity contribution is 1.09. The molecule has 2 nitrogen and oxygen atoms in total. The Morgan fingerprint density at radius 3 is 1.67 bits per heavy atom. The predicted octanol–water partition coefficient (Wildman–Crippen LogP) is 18.1. The third-order valence-electron chi connectivity index (χ3n) is 10.3. The highest BCUT2D eigenvalue weighted by Crippen LogP contribution is 2.41. The van der Waals surface area contributed by atoms with Crippen molar-refractivity contribution in [3.63, 3.8) is 0 Å². The van der Waals surface area contributed by atoms with Gasteiger partial charge in [-0.3, -0.25) is 0 Å². The SMILES string of the molecule is C=CC=C.CC.CC/C=C(/c1ccc(-c2ccc(N(c3ccccc3)c3ccc4c(c3)c3ccccc3n4-c3ccccc3)cc2)cc1)c1sc2ccccc2c1C.CCC. The van der Waals surface area contributed by atoms with Gasteiger partial charge in [0.25, 0.3) is 0 Å². The molecule has 0 N–H and O–H groups in total. The van der Waals surface area contributed by atoms with E-state index in [1.165, 1.54) is 71.0 Å². The maximum Gasteiger partial charge on any atom is 0.0542 e. The monoisotopic (exact) mass is 814 g/mol. The molecule has 0 spiro atoms. The molecule has 61 heavy (non-hydrogen) atoms. The van der Waals surface area contributed by atoms with Gasteiger partial charge in [0.1, 0.15) is 0 Å². The Morgan fingerprint density at radius 2 is 1.07 bits per heavy atom. The van der Waals surface area contributed by atoms with Crippen molar-refractivity contribution in [3.05, 3.63) is 223 Å². The maximum absolute atomic E-state index is 3.36. The van der Waals surface area contributed by atoms with Gasteiger partial charge < -0.3 is 9.47 Å². The smallest absolute Gasteiger partial charge is 0.0542 e. The number of allylic oxidation sites excluding steroid dienone is 3. The molecule has 2 aromatic heterocycles. The molecule has 9 rings (SSSR count). The topological polar surface area (TPSA) is 8.17 Å². The number of para-hydroxylation sites is 3. The Labute approximate surface area is 368 Å². The first-order chi connectivity index (χ1) is 30.0. The Balaban J connectivity index is 0.000000638. The minimum atomic E-state index is 0.992. The van der Waals surface area contributed by atoms with E-state index in [9.17, 15) is 0 Å². The van der Waals surface area contributed by atoms with E-state index in [4.69, 9.17) is 0 Å². The van der Waals surface area contributed by atoms with Crippen molar-refractivity contribution in [1.29, 1.82) is 0 Å². The lowest BCUT2D eigenvalue weighted by atomic mass is 9.96. The van der Waals surface area contributed by atoms with E-state index in [1.807, 2.05) is 25.2 Å². The van der Waals surface area contributed by atoms with Crippen LogP contribution in [0, 0.1) is 6.92 Å². The molecule has 0 saturated carbocycles. The molecule has 9 aromatic rings. The molecule has 0 radical (unpaired) electrons. The Bertz CT molecular complexity index is 2820. The van der Waals surface area contributed by atoms with Crippen LogP contribution in [-0.2, 0) is 0 Å². The summed E-state index contributed by atoms with van der Waals surface area (Å²) in [6, 6.07) is 63.7. The van der Waals surface area contributed by atoms with Crippen molar-refractivity contribution in [3.8, 4) is 16.8 Å². The lowest BCUT2D eigenvalue weighted by Gasteiger charge is -2.26. The van der Waals surface area contributed by atoms with Gasteiger partial charge in [-0.1, -0.05) is 182 Å². The van der Waals surface area contributed by atoms with E-state index in [2.05, 4.69) is 232 Å². The summed E-state index contributed by atoms with van der Waals surface area (Å²) in [5.41, 5.74) is 13.3. The molecule has 0 aliphatic carbocycles. The second-order valence-electron chi connectivity index (χ2n) is 14.4. The second-order valence-corrected chi connectivity index (χ2v) is 15.5. The normalized spacial score (nSPS) is 10.8. The fourth-order valence-electron chi connectivity index (χ4n) is 7.60. The first kappa shape index (κ1) is 43.9. The molecular weight excluding hydrogens is 757 g/mol. The second kappa shape index (κ2) is 21.5. The number of anilines is 3. The van der Waals surface area contributed by atoms with Crippen LogP contribution in [-0.4, -0.2) is 4.57 Å². The highest BCUT2D eigenvalue weighted by atomic mass is 32.1. The van der Waals surface area contributed by atoms with E-state index in [-0.39, 0.29) is 0 Å². The number of rotatable bonds is 9. The Hall–Kier alpha value is -6.68. The van der Waals surface area contributed by atoms with Crippen LogP contribution in [0.1, 0.15) is 63.5 Å². The zero-order valence-corrected chi connectivity index (χ0v) is 37.4. The van der Waals surface area contributed by atoms with Crippen molar-refractivity contribution >= 4 is 65.9 Å². The number of aromatic nitrogens is 1. The summed E-state index contributed by atoms with van der Waals surface area (Å²) in [5.74, 6) is 0. The maximum atomic E-state index is 3.36. The Kier molecular flexibility index (Phi) is 15.5. The summed E-state index contributed by atoms with van der Waals surface area (Å²) >= 11 is 1.89. The quantitative estimate of drug-likeness (QED) is 0.132. The predicted molar refractivity (Wildman–Crippen MR) is 273 cm³/mol. The minimum Gasteiger partial charge on any atom is -0.310 e. The molecule has 0 aliphatic heterocycles. The lowest BCUT2D eigenvalue weighted by Crippen LogP contribution is -2.09. The molecule has 3 heteroatoms. The fraction of sp³-hybridized carbons (Fsp3) is 0.138. The first-order valence-corrected chi connectivity index (χ1v) is 22.4. The van der Waals surface area contributed by atoms with Gasteiger partial charge in [0.15, 0.2) is 0 Å². The van der Waals surface area contributed by atoms with Crippen LogP contribution in [0.5, 0.6) is 0 Å². The summed E-state index contributed by atoms with van der Waals surface area (Å²) in [5, 5.41) is 3.83. The minimum absolute atomic E-state index is 0.992. The Morgan fingerprint density at radius 1 is 0.557 bits per heavy atom. The largest absolute Gasteiger partial charge is 0.310 e.